The van der Waals surface area contributed by atoms with Crippen molar-refractivity contribution in [3.63, 3.8) is 0 Å². The second-order valence-electron chi connectivity index (χ2n) is 8.05. The molecule has 156 valence electrons. The number of hydrogen-bond donors (Lipinski definition) is 0. The normalized spacial score (nSPS) is 18.2. The summed E-state index contributed by atoms with van der Waals surface area (Å²) < 4.78 is 5.52. The van der Waals surface area contributed by atoms with Crippen molar-refractivity contribution in [1.29, 1.82) is 0 Å². The fraction of sp³-hybridized carbons (Fsp3) is 0.500. The molecule has 2 aliphatic heterocycles. The average molecular weight is 406 g/mol. The van der Waals surface area contributed by atoms with Crippen LogP contribution < -0.4 is 9.80 Å². The van der Waals surface area contributed by atoms with Crippen LogP contribution in [0, 0.1) is 13.8 Å². The molecule has 5 rings (SSSR count). The average Bonchev–Trinajstić information content (AvgIpc) is 2.79. The Morgan fingerprint density at radius 2 is 1.63 bits per heavy atom. The molecular weight excluding hydrogens is 378 g/mol. The van der Waals surface area contributed by atoms with E-state index in [4.69, 9.17) is 19.7 Å². The lowest BCUT2D eigenvalue weighted by Crippen LogP contribution is -2.47. The number of piperazine rings is 1. The van der Waals surface area contributed by atoms with Gasteiger partial charge in [0, 0.05) is 68.7 Å². The Kier molecular flexibility index (Phi) is 5.16. The molecule has 0 aliphatic carbocycles. The van der Waals surface area contributed by atoms with E-state index in [1.54, 1.807) is 0 Å². The quantitative estimate of drug-likeness (QED) is 0.658. The first-order chi connectivity index (χ1) is 14.7. The van der Waals surface area contributed by atoms with E-state index >= 15 is 0 Å². The van der Waals surface area contributed by atoms with Gasteiger partial charge < -0.3 is 14.5 Å². The summed E-state index contributed by atoms with van der Waals surface area (Å²) in [5, 5.41) is 1.06. The summed E-state index contributed by atoms with van der Waals surface area (Å²) >= 11 is 0. The molecule has 2 aliphatic rings. The Labute approximate surface area is 176 Å². The zero-order valence-corrected chi connectivity index (χ0v) is 17.6. The zero-order chi connectivity index (χ0) is 20.5. The summed E-state index contributed by atoms with van der Waals surface area (Å²) in [7, 11) is 0. The van der Waals surface area contributed by atoms with Crippen LogP contribution in [-0.2, 0) is 4.74 Å². The van der Waals surface area contributed by atoms with E-state index in [0.717, 1.165) is 92.1 Å². The van der Waals surface area contributed by atoms with E-state index in [-0.39, 0.29) is 0 Å². The number of aromatic nitrogens is 5. The Morgan fingerprint density at radius 1 is 0.900 bits per heavy atom. The van der Waals surface area contributed by atoms with Crippen molar-refractivity contribution in [2.75, 3.05) is 49.2 Å². The van der Waals surface area contributed by atoms with Gasteiger partial charge in [-0.15, -0.1) is 0 Å². The molecule has 0 atom stereocenters. The molecule has 0 unspecified atom stereocenters. The van der Waals surface area contributed by atoms with Crippen molar-refractivity contribution in [2.24, 2.45) is 0 Å². The van der Waals surface area contributed by atoms with E-state index in [1.165, 1.54) is 0 Å². The van der Waals surface area contributed by atoms with Crippen LogP contribution in [0.1, 0.15) is 36.1 Å². The SMILES string of the molecule is Cc1nc(C2CCOCC2)cc(N2CCN(c3nc(C)nc4cnccc34)CC2)n1. The van der Waals surface area contributed by atoms with Gasteiger partial charge in [0.1, 0.15) is 23.3 Å². The third-order valence-electron chi connectivity index (χ3n) is 5.98. The molecule has 3 aromatic heterocycles. The molecule has 2 saturated heterocycles. The fourth-order valence-electron chi connectivity index (χ4n) is 4.40. The van der Waals surface area contributed by atoms with E-state index in [2.05, 4.69) is 25.8 Å². The number of anilines is 2. The molecule has 0 spiro atoms. The van der Waals surface area contributed by atoms with Crippen molar-refractivity contribution in [1.82, 2.24) is 24.9 Å². The Hall–Kier alpha value is -2.87. The Balaban J connectivity index is 1.35. The van der Waals surface area contributed by atoms with Gasteiger partial charge in [-0.2, -0.15) is 0 Å². The molecule has 2 fully saturated rings. The summed E-state index contributed by atoms with van der Waals surface area (Å²) in [6.07, 6.45) is 5.70. The molecule has 30 heavy (non-hydrogen) atoms. The lowest BCUT2D eigenvalue weighted by molar-refractivity contribution is 0.0844. The van der Waals surface area contributed by atoms with Crippen LogP contribution in [0.5, 0.6) is 0 Å². The molecule has 0 bridgehead atoms. The van der Waals surface area contributed by atoms with Gasteiger partial charge in [0.25, 0.3) is 0 Å². The van der Waals surface area contributed by atoms with Crippen LogP contribution in [0.15, 0.2) is 24.5 Å². The minimum Gasteiger partial charge on any atom is -0.381 e. The van der Waals surface area contributed by atoms with Gasteiger partial charge in [-0.3, -0.25) is 4.98 Å². The number of ether oxygens (including phenoxy) is 1. The molecule has 0 saturated carbocycles. The molecule has 0 aromatic carbocycles. The summed E-state index contributed by atoms with van der Waals surface area (Å²) in [5.74, 6) is 4.14. The van der Waals surface area contributed by atoms with Gasteiger partial charge in [0.15, 0.2) is 0 Å². The molecule has 8 heteroatoms. The summed E-state index contributed by atoms with van der Waals surface area (Å²) in [6, 6.07) is 4.19. The number of rotatable bonds is 3. The van der Waals surface area contributed by atoms with Gasteiger partial charge in [0.05, 0.1) is 11.7 Å². The topological polar surface area (TPSA) is 80.2 Å². The van der Waals surface area contributed by atoms with Crippen molar-refractivity contribution in [3.05, 3.63) is 41.9 Å². The second kappa shape index (κ2) is 8.10. The maximum Gasteiger partial charge on any atom is 0.140 e. The highest BCUT2D eigenvalue weighted by Gasteiger charge is 2.24. The Bertz CT molecular complexity index is 1040. The summed E-state index contributed by atoms with van der Waals surface area (Å²) in [4.78, 5) is 27.7. The molecule has 0 radical (unpaired) electrons. The van der Waals surface area contributed by atoms with Gasteiger partial charge >= 0.3 is 0 Å². The lowest BCUT2D eigenvalue weighted by Gasteiger charge is -2.36. The van der Waals surface area contributed by atoms with Gasteiger partial charge in [0.2, 0.25) is 0 Å². The Morgan fingerprint density at radius 3 is 2.43 bits per heavy atom. The predicted octanol–water partition coefficient (Wildman–Crippen LogP) is 2.65. The first-order valence-corrected chi connectivity index (χ1v) is 10.7. The fourth-order valence-corrected chi connectivity index (χ4v) is 4.40. The van der Waals surface area contributed by atoms with Crippen LogP contribution in [0.4, 0.5) is 11.6 Å². The van der Waals surface area contributed by atoms with Crippen LogP contribution in [0.2, 0.25) is 0 Å². The highest BCUT2D eigenvalue weighted by atomic mass is 16.5. The van der Waals surface area contributed by atoms with Crippen molar-refractivity contribution < 1.29 is 4.74 Å². The highest BCUT2D eigenvalue weighted by Crippen LogP contribution is 2.29. The van der Waals surface area contributed by atoms with Gasteiger partial charge in [-0.05, 0) is 32.8 Å². The molecule has 3 aromatic rings. The smallest absolute Gasteiger partial charge is 0.140 e. The highest BCUT2D eigenvalue weighted by molar-refractivity contribution is 5.88. The molecule has 0 amide bonds. The molecule has 0 N–H and O–H groups in total. The number of hydrogen-bond acceptors (Lipinski definition) is 8. The number of fused-ring (bicyclic) bond motifs is 1. The first kappa shape index (κ1) is 19.1. The number of nitrogens with zero attached hydrogens (tertiary/aromatic N) is 7. The molecule has 5 heterocycles. The van der Waals surface area contributed by atoms with E-state index < -0.39 is 0 Å². The maximum absolute atomic E-state index is 5.52. The number of aryl methyl sites for hydroxylation is 2. The monoisotopic (exact) mass is 405 g/mol. The van der Waals surface area contributed by atoms with Crippen LogP contribution in [0.25, 0.3) is 10.9 Å². The zero-order valence-electron chi connectivity index (χ0n) is 17.6. The van der Waals surface area contributed by atoms with Crippen LogP contribution in [-0.4, -0.2) is 64.3 Å². The third-order valence-corrected chi connectivity index (χ3v) is 5.98. The summed E-state index contributed by atoms with van der Waals surface area (Å²) in [5.41, 5.74) is 2.06. The van der Waals surface area contributed by atoms with Crippen LogP contribution in [0.3, 0.4) is 0 Å². The predicted molar refractivity (Wildman–Crippen MR) is 116 cm³/mol. The molecular formula is C22H27N7O. The lowest BCUT2D eigenvalue weighted by atomic mass is 9.96. The first-order valence-electron chi connectivity index (χ1n) is 10.7. The van der Waals surface area contributed by atoms with E-state index in [0.29, 0.717) is 5.92 Å². The van der Waals surface area contributed by atoms with Crippen molar-refractivity contribution in [3.8, 4) is 0 Å². The largest absolute Gasteiger partial charge is 0.381 e. The third kappa shape index (κ3) is 3.79. The van der Waals surface area contributed by atoms with Crippen LogP contribution >= 0.6 is 0 Å². The summed E-state index contributed by atoms with van der Waals surface area (Å²) in [6.45, 7) is 9.17. The standard InChI is InChI=1S/C22H27N7O/c1-15-24-19(17-4-11-30-12-5-17)13-21(26-15)28-7-9-29(10-8-28)22-18-3-6-23-14-20(18)25-16(2)27-22/h3,6,13-14,17H,4-5,7-12H2,1-2H3. The minimum atomic E-state index is 0.476. The maximum atomic E-state index is 5.52. The van der Waals surface area contributed by atoms with Crippen molar-refractivity contribution >= 4 is 22.5 Å². The van der Waals surface area contributed by atoms with Gasteiger partial charge in [-0.25, -0.2) is 19.9 Å². The van der Waals surface area contributed by atoms with E-state index in [1.807, 2.05) is 32.3 Å². The molecule has 8 nitrogen and oxygen atoms in total. The van der Waals surface area contributed by atoms with E-state index in [9.17, 15) is 0 Å². The van der Waals surface area contributed by atoms with Crippen molar-refractivity contribution in [2.45, 2.75) is 32.6 Å². The van der Waals surface area contributed by atoms with Gasteiger partial charge in [-0.1, -0.05) is 0 Å². The number of pyridine rings is 1. The second-order valence-corrected chi connectivity index (χ2v) is 8.05. The minimum absolute atomic E-state index is 0.476.